The maximum Gasteiger partial charge on any atom is 0.161 e. The molecule has 3 rings (SSSR count). The molecule has 142 valence electrons. The molecule has 0 saturated carbocycles. The highest BCUT2D eigenvalue weighted by molar-refractivity contribution is 9.10. The lowest BCUT2D eigenvalue weighted by Crippen LogP contribution is -2.34. The molecule has 3 nitrogen and oxygen atoms in total. The zero-order chi connectivity index (χ0) is 18.5. The van der Waals surface area contributed by atoms with Gasteiger partial charge in [0.1, 0.15) is 0 Å². The summed E-state index contributed by atoms with van der Waals surface area (Å²) in [4.78, 5) is 14.6. The van der Waals surface area contributed by atoms with E-state index in [2.05, 4.69) is 44.5 Å². The highest BCUT2D eigenvalue weighted by atomic mass is 79.9. The number of piperidine rings is 1. The number of nitrogens with zero attached hydrogens (tertiary/aromatic N) is 2. The van der Waals surface area contributed by atoms with Crippen molar-refractivity contribution >= 4 is 32.6 Å². The lowest BCUT2D eigenvalue weighted by molar-refractivity contribution is 0.101. The number of rotatable bonds is 8. The molecule has 0 bridgehead atoms. The Labute approximate surface area is 165 Å². The van der Waals surface area contributed by atoms with Gasteiger partial charge < -0.3 is 9.47 Å². The summed E-state index contributed by atoms with van der Waals surface area (Å²) in [5, 5.41) is 1.06. The molecule has 0 N–H and O–H groups in total. The molecule has 0 amide bonds. The fourth-order valence-electron chi connectivity index (χ4n) is 4.23. The highest BCUT2D eigenvalue weighted by Crippen LogP contribution is 2.29. The van der Waals surface area contributed by atoms with Crippen LogP contribution in [0.25, 0.3) is 10.9 Å². The number of Topliss-reactive ketones (excluding diaryl/α,β-unsaturated/α-hetero) is 1. The van der Waals surface area contributed by atoms with Gasteiger partial charge in [0, 0.05) is 28.2 Å². The van der Waals surface area contributed by atoms with Crippen molar-refractivity contribution < 1.29 is 4.79 Å². The quantitative estimate of drug-likeness (QED) is 0.498. The van der Waals surface area contributed by atoms with Crippen molar-refractivity contribution in [2.24, 2.45) is 5.92 Å². The Morgan fingerprint density at radius 2 is 1.96 bits per heavy atom. The Morgan fingerprint density at radius 3 is 2.65 bits per heavy atom. The van der Waals surface area contributed by atoms with Crippen LogP contribution in [0.15, 0.2) is 28.9 Å². The van der Waals surface area contributed by atoms with Gasteiger partial charge in [-0.2, -0.15) is 0 Å². The van der Waals surface area contributed by atoms with E-state index in [-0.39, 0.29) is 5.78 Å². The van der Waals surface area contributed by atoms with Crippen molar-refractivity contribution in [3.05, 3.63) is 34.4 Å². The van der Waals surface area contributed by atoms with E-state index in [1.807, 2.05) is 12.3 Å². The molecule has 0 atom stereocenters. The molecule has 2 aromatic rings. The average molecular weight is 419 g/mol. The Bertz CT molecular complexity index is 744. The molecule has 1 saturated heterocycles. The summed E-state index contributed by atoms with van der Waals surface area (Å²) >= 11 is 3.66. The van der Waals surface area contributed by atoms with E-state index in [0.717, 1.165) is 46.4 Å². The number of halogens is 1. The van der Waals surface area contributed by atoms with Crippen LogP contribution in [0.4, 0.5) is 0 Å². The van der Waals surface area contributed by atoms with Gasteiger partial charge in [-0.05, 0) is 73.7 Å². The molecule has 0 aliphatic carbocycles. The van der Waals surface area contributed by atoms with E-state index in [4.69, 9.17) is 0 Å². The Hall–Kier alpha value is -1.13. The predicted molar refractivity (Wildman–Crippen MR) is 113 cm³/mol. The van der Waals surface area contributed by atoms with Crippen LogP contribution < -0.4 is 0 Å². The van der Waals surface area contributed by atoms with Gasteiger partial charge in [0.05, 0.1) is 5.52 Å². The molecular weight excluding hydrogens is 388 g/mol. The van der Waals surface area contributed by atoms with Crippen LogP contribution >= 0.6 is 15.9 Å². The maximum absolute atomic E-state index is 12.0. The van der Waals surface area contributed by atoms with Gasteiger partial charge >= 0.3 is 0 Å². The largest absolute Gasteiger partial charge is 0.346 e. The van der Waals surface area contributed by atoms with E-state index < -0.39 is 0 Å². The lowest BCUT2D eigenvalue weighted by atomic mass is 9.91. The molecule has 26 heavy (non-hydrogen) atoms. The molecule has 1 aromatic carbocycles. The summed E-state index contributed by atoms with van der Waals surface area (Å²) in [6, 6.07) is 6.12. The first-order valence-electron chi connectivity index (χ1n) is 10.1. The normalized spacial score (nSPS) is 16.4. The second-order valence-electron chi connectivity index (χ2n) is 7.71. The van der Waals surface area contributed by atoms with E-state index >= 15 is 0 Å². The van der Waals surface area contributed by atoms with Crippen molar-refractivity contribution in [2.45, 2.75) is 58.9 Å². The van der Waals surface area contributed by atoms with E-state index in [0.29, 0.717) is 0 Å². The molecule has 0 radical (unpaired) electrons. The molecule has 1 aliphatic rings. The van der Waals surface area contributed by atoms with Gasteiger partial charge in [-0.1, -0.05) is 38.3 Å². The monoisotopic (exact) mass is 418 g/mol. The zero-order valence-corrected chi connectivity index (χ0v) is 17.7. The summed E-state index contributed by atoms with van der Waals surface area (Å²) in [5.41, 5.74) is 1.98. The Balaban J connectivity index is 1.57. The third-order valence-corrected chi connectivity index (χ3v) is 6.41. The van der Waals surface area contributed by atoms with Gasteiger partial charge in [-0.25, -0.2) is 0 Å². The van der Waals surface area contributed by atoms with Gasteiger partial charge in [0.15, 0.2) is 5.78 Å². The van der Waals surface area contributed by atoms with Crippen molar-refractivity contribution in [3.8, 4) is 0 Å². The predicted octanol–water partition coefficient (Wildman–Crippen LogP) is 5.90. The van der Waals surface area contributed by atoms with Crippen LogP contribution in [-0.2, 0) is 6.54 Å². The number of ketones is 1. The van der Waals surface area contributed by atoms with Crippen LogP contribution in [0.1, 0.15) is 62.7 Å². The van der Waals surface area contributed by atoms with E-state index in [9.17, 15) is 4.79 Å². The molecule has 1 aliphatic heterocycles. The Kier molecular flexibility index (Phi) is 6.93. The number of benzene rings is 1. The second-order valence-corrected chi connectivity index (χ2v) is 8.56. The summed E-state index contributed by atoms with van der Waals surface area (Å²) in [6.07, 6.45) is 10.0. The van der Waals surface area contributed by atoms with Crippen molar-refractivity contribution in [1.82, 2.24) is 9.47 Å². The topological polar surface area (TPSA) is 25.2 Å². The minimum absolute atomic E-state index is 0.140. The molecule has 0 unspecified atom stereocenters. The highest BCUT2D eigenvalue weighted by Gasteiger charge is 2.19. The fourth-order valence-corrected chi connectivity index (χ4v) is 4.82. The van der Waals surface area contributed by atoms with Crippen LogP contribution in [0.5, 0.6) is 0 Å². The first-order chi connectivity index (χ1) is 12.6. The van der Waals surface area contributed by atoms with Crippen LogP contribution in [-0.4, -0.2) is 34.9 Å². The van der Waals surface area contributed by atoms with Gasteiger partial charge in [-0.15, -0.1) is 0 Å². The zero-order valence-electron chi connectivity index (χ0n) is 16.1. The summed E-state index contributed by atoms with van der Waals surface area (Å²) in [6.45, 7) is 8.56. The summed E-state index contributed by atoms with van der Waals surface area (Å²) < 4.78 is 3.32. The SMILES string of the molecule is CCCCC1CCN(CCCn2cc(C(C)=O)c3cccc(Br)c32)CC1. The number of fused-ring (bicyclic) bond motifs is 1. The first-order valence-corrected chi connectivity index (χ1v) is 10.9. The molecule has 4 heteroatoms. The fraction of sp³-hybridized carbons (Fsp3) is 0.591. The molecular formula is C22H31BrN2O. The number of hydrogen-bond acceptors (Lipinski definition) is 2. The van der Waals surface area contributed by atoms with Crippen LogP contribution in [0, 0.1) is 5.92 Å². The molecule has 1 fully saturated rings. The van der Waals surface area contributed by atoms with Gasteiger partial charge in [0.25, 0.3) is 0 Å². The number of para-hydroxylation sites is 1. The van der Waals surface area contributed by atoms with Crippen LogP contribution in [0.2, 0.25) is 0 Å². The average Bonchev–Trinajstić information content (AvgIpc) is 3.01. The van der Waals surface area contributed by atoms with Crippen LogP contribution in [0.3, 0.4) is 0 Å². The lowest BCUT2D eigenvalue weighted by Gasteiger charge is -2.32. The number of aromatic nitrogens is 1. The van der Waals surface area contributed by atoms with Crippen molar-refractivity contribution in [3.63, 3.8) is 0 Å². The van der Waals surface area contributed by atoms with Crippen molar-refractivity contribution in [2.75, 3.05) is 19.6 Å². The number of carbonyl (C=O) groups is 1. The number of aryl methyl sites for hydroxylation is 1. The number of likely N-dealkylation sites (tertiary alicyclic amines) is 1. The molecule has 1 aromatic heterocycles. The van der Waals surface area contributed by atoms with E-state index in [1.54, 1.807) is 6.92 Å². The van der Waals surface area contributed by atoms with E-state index in [1.165, 1.54) is 45.2 Å². The summed E-state index contributed by atoms with van der Waals surface area (Å²) in [7, 11) is 0. The standard InChI is InChI=1S/C22H31BrN2O/c1-3-4-7-18-10-14-24(15-11-18)12-6-13-25-16-20(17(2)26)19-8-5-9-21(23)22(19)25/h5,8-9,16,18H,3-4,6-7,10-15H2,1-2H3. The minimum atomic E-state index is 0.140. The summed E-state index contributed by atoms with van der Waals surface area (Å²) in [5.74, 6) is 1.09. The number of hydrogen-bond donors (Lipinski definition) is 0. The number of carbonyl (C=O) groups excluding carboxylic acids is 1. The molecule has 0 spiro atoms. The number of unbranched alkanes of at least 4 members (excludes halogenated alkanes) is 1. The third-order valence-electron chi connectivity index (χ3n) is 5.77. The van der Waals surface area contributed by atoms with Gasteiger partial charge in [0.2, 0.25) is 0 Å². The van der Waals surface area contributed by atoms with Gasteiger partial charge in [-0.3, -0.25) is 4.79 Å². The molecule has 2 heterocycles. The van der Waals surface area contributed by atoms with Crippen molar-refractivity contribution in [1.29, 1.82) is 0 Å². The first kappa shape index (κ1) is 19.6. The third kappa shape index (κ3) is 4.58. The Morgan fingerprint density at radius 1 is 1.19 bits per heavy atom. The minimum Gasteiger partial charge on any atom is -0.346 e. The second kappa shape index (κ2) is 9.18. The smallest absolute Gasteiger partial charge is 0.161 e. The maximum atomic E-state index is 12.0.